The van der Waals surface area contributed by atoms with Crippen molar-refractivity contribution in [3.8, 4) is 0 Å². The number of nitrogens with zero attached hydrogens (tertiary/aromatic N) is 1. The van der Waals surface area contributed by atoms with Gasteiger partial charge in [-0.25, -0.2) is 0 Å². The molecule has 0 aromatic rings. The van der Waals surface area contributed by atoms with Gasteiger partial charge in [-0.05, 0) is 27.7 Å². The van der Waals surface area contributed by atoms with E-state index < -0.39 is 5.97 Å². The molecule has 1 N–H and O–H groups in total. The number of aliphatic carboxylic acids is 1. The maximum Gasteiger partial charge on any atom is 0.305 e. The predicted octanol–water partition coefficient (Wildman–Crippen LogP) is 1.12. The molecule has 5 heteroatoms. The summed E-state index contributed by atoms with van der Waals surface area (Å²) in [7, 11) is 0. The summed E-state index contributed by atoms with van der Waals surface area (Å²) < 4.78 is 5.04. The van der Waals surface area contributed by atoms with Crippen molar-refractivity contribution in [2.45, 2.75) is 39.7 Å². The van der Waals surface area contributed by atoms with Crippen molar-refractivity contribution in [3.05, 3.63) is 0 Å². The zero-order valence-corrected chi connectivity index (χ0v) is 10.4. The van der Waals surface area contributed by atoms with Crippen LogP contribution in [0.2, 0.25) is 0 Å². The first kappa shape index (κ1) is 14.9. The van der Waals surface area contributed by atoms with Crippen molar-refractivity contribution in [1.29, 1.82) is 0 Å². The molecule has 0 atom stereocenters. The number of carbonyl (C=O) groups excluding carboxylic acids is 1. The van der Waals surface area contributed by atoms with Crippen molar-refractivity contribution < 1.29 is 19.4 Å². The molecule has 0 rings (SSSR count). The van der Waals surface area contributed by atoms with Crippen LogP contribution in [-0.2, 0) is 14.3 Å². The molecule has 0 fully saturated rings. The molecular weight excluding hydrogens is 210 g/mol. The highest BCUT2D eigenvalue weighted by Gasteiger charge is 2.26. The Bertz CT molecular complexity index is 245. The molecule has 0 radical (unpaired) electrons. The average molecular weight is 231 g/mol. The maximum atomic E-state index is 11.8. The molecule has 0 bridgehead atoms. The van der Waals surface area contributed by atoms with Crippen LogP contribution in [0.1, 0.15) is 34.1 Å². The van der Waals surface area contributed by atoms with Gasteiger partial charge in [0.25, 0.3) is 0 Å². The Morgan fingerprint density at radius 2 is 1.88 bits per heavy atom. The maximum absolute atomic E-state index is 11.8. The highest BCUT2D eigenvalue weighted by molar-refractivity contribution is 5.79. The van der Waals surface area contributed by atoms with Crippen LogP contribution in [-0.4, -0.2) is 47.2 Å². The first-order valence-electron chi connectivity index (χ1n) is 5.39. The summed E-state index contributed by atoms with van der Waals surface area (Å²) in [5.41, 5.74) is -0.385. The van der Waals surface area contributed by atoms with Crippen LogP contribution in [0.5, 0.6) is 0 Å². The number of hydrogen-bond donors (Lipinski definition) is 1. The highest BCUT2D eigenvalue weighted by atomic mass is 16.5. The fraction of sp³-hybridized carbons (Fsp3) is 0.818. The van der Waals surface area contributed by atoms with Gasteiger partial charge < -0.3 is 14.7 Å². The monoisotopic (exact) mass is 231 g/mol. The van der Waals surface area contributed by atoms with E-state index in [1.165, 1.54) is 4.90 Å². The lowest BCUT2D eigenvalue weighted by atomic mass is 10.1. The molecule has 5 nitrogen and oxygen atoms in total. The molecule has 94 valence electrons. The lowest BCUT2D eigenvalue weighted by molar-refractivity contribution is -0.143. The van der Waals surface area contributed by atoms with Gasteiger partial charge in [0.05, 0.1) is 6.42 Å². The van der Waals surface area contributed by atoms with Crippen LogP contribution in [0.3, 0.4) is 0 Å². The standard InChI is InChI=1S/C11H21NO4/c1-5-16-8-9(13)12(11(2,3)4)7-6-10(14)15/h5-8H2,1-4H3,(H,14,15). The van der Waals surface area contributed by atoms with Crippen LogP contribution < -0.4 is 0 Å². The van der Waals surface area contributed by atoms with E-state index in [0.29, 0.717) is 6.61 Å². The van der Waals surface area contributed by atoms with Crippen LogP contribution in [0.25, 0.3) is 0 Å². The average Bonchev–Trinajstić information content (AvgIpc) is 2.12. The van der Waals surface area contributed by atoms with Gasteiger partial charge in [-0.2, -0.15) is 0 Å². The third-order valence-corrected chi connectivity index (χ3v) is 2.09. The lowest BCUT2D eigenvalue weighted by Crippen LogP contribution is -2.48. The molecule has 0 aromatic carbocycles. The third-order valence-electron chi connectivity index (χ3n) is 2.09. The van der Waals surface area contributed by atoms with Gasteiger partial charge in [0.15, 0.2) is 0 Å². The topological polar surface area (TPSA) is 66.8 Å². The quantitative estimate of drug-likeness (QED) is 0.744. The zero-order chi connectivity index (χ0) is 12.8. The molecule has 0 spiro atoms. The smallest absolute Gasteiger partial charge is 0.305 e. The van der Waals surface area contributed by atoms with E-state index in [-0.39, 0.29) is 31.0 Å². The summed E-state index contributed by atoms with van der Waals surface area (Å²) >= 11 is 0. The largest absolute Gasteiger partial charge is 0.481 e. The van der Waals surface area contributed by atoms with Crippen molar-refractivity contribution in [2.24, 2.45) is 0 Å². The second kappa shape index (κ2) is 6.48. The first-order chi connectivity index (χ1) is 7.29. The molecule has 1 amide bonds. The Morgan fingerprint density at radius 3 is 2.25 bits per heavy atom. The molecule has 0 saturated carbocycles. The normalized spacial score (nSPS) is 11.2. The zero-order valence-electron chi connectivity index (χ0n) is 10.4. The number of carboxylic acids is 1. The van der Waals surface area contributed by atoms with Gasteiger partial charge in [0.2, 0.25) is 5.91 Å². The minimum absolute atomic E-state index is 0.00733. The van der Waals surface area contributed by atoms with Gasteiger partial charge in [-0.15, -0.1) is 0 Å². The Balaban J connectivity index is 4.42. The Labute approximate surface area is 96.4 Å². The Kier molecular flexibility index (Phi) is 6.03. The third kappa shape index (κ3) is 5.70. The Morgan fingerprint density at radius 1 is 1.31 bits per heavy atom. The van der Waals surface area contributed by atoms with Gasteiger partial charge in [0, 0.05) is 18.7 Å². The number of hydrogen-bond acceptors (Lipinski definition) is 3. The summed E-state index contributed by atoms with van der Waals surface area (Å²) in [6.45, 7) is 8.13. The van der Waals surface area contributed by atoms with Crippen molar-refractivity contribution in [3.63, 3.8) is 0 Å². The summed E-state index contributed by atoms with van der Waals surface area (Å²) in [4.78, 5) is 23.8. The van der Waals surface area contributed by atoms with Crippen LogP contribution in [0.4, 0.5) is 0 Å². The van der Waals surface area contributed by atoms with E-state index in [2.05, 4.69) is 0 Å². The summed E-state index contributed by atoms with van der Waals surface area (Å²) in [5, 5.41) is 8.62. The number of rotatable bonds is 6. The summed E-state index contributed by atoms with van der Waals surface area (Å²) in [5.74, 6) is -1.07. The molecule has 0 aliphatic carbocycles. The molecule has 0 saturated heterocycles. The summed E-state index contributed by atoms with van der Waals surface area (Å²) in [6, 6.07) is 0. The number of carboxylic acid groups (broad SMARTS) is 1. The van der Waals surface area contributed by atoms with Crippen molar-refractivity contribution in [2.75, 3.05) is 19.8 Å². The second-order valence-electron chi connectivity index (χ2n) is 4.50. The second-order valence-corrected chi connectivity index (χ2v) is 4.50. The molecule has 16 heavy (non-hydrogen) atoms. The van der Waals surface area contributed by atoms with E-state index in [4.69, 9.17) is 9.84 Å². The van der Waals surface area contributed by atoms with Crippen LogP contribution >= 0.6 is 0 Å². The number of amides is 1. The van der Waals surface area contributed by atoms with E-state index in [1.54, 1.807) is 0 Å². The fourth-order valence-corrected chi connectivity index (χ4v) is 1.31. The predicted molar refractivity (Wildman–Crippen MR) is 60.2 cm³/mol. The summed E-state index contributed by atoms with van der Waals surface area (Å²) in [6.07, 6.45) is -0.0465. The minimum Gasteiger partial charge on any atom is -0.481 e. The minimum atomic E-state index is -0.904. The van der Waals surface area contributed by atoms with E-state index >= 15 is 0 Å². The number of ether oxygens (including phenoxy) is 1. The van der Waals surface area contributed by atoms with Gasteiger partial charge in [-0.1, -0.05) is 0 Å². The Hall–Kier alpha value is -1.10. The van der Waals surface area contributed by atoms with Gasteiger partial charge >= 0.3 is 5.97 Å². The molecule has 0 aliphatic rings. The molecular formula is C11H21NO4. The first-order valence-corrected chi connectivity index (χ1v) is 5.39. The molecule has 0 unspecified atom stereocenters. The van der Waals surface area contributed by atoms with Crippen molar-refractivity contribution in [1.82, 2.24) is 4.90 Å². The van der Waals surface area contributed by atoms with Crippen LogP contribution in [0, 0.1) is 0 Å². The van der Waals surface area contributed by atoms with E-state index in [9.17, 15) is 9.59 Å². The molecule has 0 aromatic heterocycles. The SMILES string of the molecule is CCOCC(=O)N(CCC(=O)O)C(C)(C)C. The van der Waals surface area contributed by atoms with Gasteiger partial charge in [-0.3, -0.25) is 9.59 Å². The van der Waals surface area contributed by atoms with Gasteiger partial charge in [0.1, 0.15) is 6.61 Å². The van der Waals surface area contributed by atoms with Crippen LogP contribution in [0.15, 0.2) is 0 Å². The highest BCUT2D eigenvalue weighted by Crippen LogP contribution is 2.14. The molecule has 0 aliphatic heterocycles. The lowest BCUT2D eigenvalue weighted by Gasteiger charge is -2.35. The number of carbonyl (C=O) groups is 2. The molecule has 0 heterocycles. The van der Waals surface area contributed by atoms with E-state index in [1.807, 2.05) is 27.7 Å². The fourth-order valence-electron chi connectivity index (χ4n) is 1.31. The van der Waals surface area contributed by atoms with E-state index in [0.717, 1.165) is 0 Å². The van der Waals surface area contributed by atoms with Crippen molar-refractivity contribution >= 4 is 11.9 Å².